The van der Waals surface area contributed by atoms with E-state index in [0.717, 1.165) is 5.56 Å². The molecule has 34 heavy (non-hydrogen) atoms. The Kier molecular flexibility index (Phi) is 6.68. The zero-order valence-corrected chi connectivity index (χ0v) is 20.0. The molecule has 0 radical (unpaired) electrons. The van der Waals surface area contributed by atoms with Gasteiger partial charge in [0.25, 0.3) is 5.91 Å². The third-order valence-electron chi connectivity index (χ3n) is 5.59. The van der Waals surface area contributed by atoms with Gasteiger partial charge in [0.1, 0.15) is 5.69 Å². The first-order chi connectivity index (χ1) is 16.2. The number of halogens is 1. The molecule has 2 amide bonds. The van der Waals surface area contributed by atoms with Gasteiger partial charge in [-0.1, -0.05) is 23.7 Å². The summed E-state index contributed by atoms with van der Waals surface area (Å²) in [6.45, 7) is 3.20. The molecule has 8 nitrogen and oxygen atoms in total. The first-order valence-electron chi connectivity index (χ1n) is 10.9. The van der Waals surface area contributed by atoms with Gasteiger partial charge in [-0.05, 0) is 63.0 Å². The highest BCUT2D eigenvalue weighted by Gasteiger charge is 2.31. The summed E-state index contributed by atoms with van der Waals surface area (Å²) in [6, 6.07) is 16.3. The van der Waals surface area contributed by atoms with E-state index in [9.17, 15) is 9.59 Å². The number of hydrogen-bond donors (Lipinski definition) is 1. The minimum absolute atomic E-state index is 0.0288. The Morgan fingerprint density at radius 3 is 2.65 bits per heavy atom. The predicted octanol–water partition coefficient (Wildman–Crippen LogP) is 3.79. The standard InChI is InChI=1S/C25H25ClN6O2/c1-16-13-31(14-18-6-4-17(12-27)5-7-18)25(34)23-11-22(29-32(16)23)20-9-8-19(26)10-21(20)28-24(33)15-30(2)3/h4-11,16H,13-15H2,1-3H3,(H,28,33)/t16-/m0/s1. The first-order valence-corrected chi connectivity index (χ1v) is 11.3. The van der Waals surface area contributed by atoms with E-state index >= 15 is 0 Å². The fourth-order valence-corrected chi connectivity index (χ4v) is 4.20. The van der Waals surface area contributed by atoms with Crippen LogP contribution in [-0.2, 0) is 11.3 Å². The average molecular weight is 477 g/mol. The Bertz CT molecular complexity index is 1280. The van der Waals surface area contributed by atoms with E-state index in [0.29, 0.717) is 46.3 Å². The zero-order valence-electron chi connectivity index (χ0n) is 19.2. The van der Waals surface area contributed by atoms with Crippen LogP contribution in [0.2, 0.25) is 5.02 Å². The molecule has 4 rings (SSSR count). The maximum Gasteiger partial charge on any atom is 0.272 e. The number of fused-ring (bicyclic) bond motifs is 1. The van der Waals surface area contributed by atoms with Crippen LogP contribution in [0.25, 0.3) is 11.3 Å². The number of carbonyl (C=O) groups excluding carboxylic acids is 2. The van der Waals surface area contributed by atoms with Crippen LogP contribution in [0, 0.1) is 11.3 Å². The number of rotatable bonds is 6. The van der Waals surface area contributed by atoms with Crippen molar-refractivity contribution in [2.24, 2.45) is 0 Å². The summed E-state index contributed by atoms with van der Waals surface area (Å²) < 4.78 is 1.74. The molecule has 3 aromatic rings. The van der Waals surface area contributed by atoms with Crippen molar-refractivity contribution >= 4 is 29.1 Å². The van der Waals surface area contributed by atoms with Crippen molar-refractivity contribution in [2.45, 2.75) is 19.5 Å². The van der Waals surface area contributed by atoms with Crippen molar-refractivity contribution in [2.75, 3.05) is 32.5 Å². The van der Waals surface area contributed by atoms with Crippen LogP contribution in [0.5, 0.6) is 0 Å². The van der Waals surface area contributed by atoms with E-state index in [1.807, 2.05) is 33.2 Å². The number of aromatic nitrogens is 2. The number of likely N-dealkylation sites (N-methyl/N-ethyl adjacent to an activating group) is 1. The molecule has 0 spiro atoms. The number of nitrogens with one attached hydrogen (secondary N) is 1. The number of anilines is 1. The second-order valence-corrected chi connectivity index (χ2v) is 9.12. The number of nitriles is 1. The molecule has 1 N–H and O–H groups in total. The predicted molar refractivity (Wildman–Crippen MR) is 130 cm³/mol. The molecular weight excluding hydrogens is 452 g/mol. The Morgan fingerprint density at radius 2 is 1.97 bits per heavy atom. The quantitative estimate of drug-likeness (QED) is 0.584. The fourth-order valence-electron chi connectivity index (χ4n) is 4.02. The first kappa shape index (κ1) is 23.5. The molecule has 2 aromatic carbocycles. The molecule has 2 heterocycles. The van der Waals surface area contributed by atoms with Gasteiger partial charge in [0, 0.05) is 23.7 Å². The minimum Gasteiger partial charge on any atom is -0.331 e. The molecule has 0 bridgehead atoms. The van der Waals surface area contributed by atoms with Crippen molar-refractivity contribution in [3.8, 4) is 17.3 Å². The summed E-state index contributed by atoms with van der Waals surface area (Å²) in [5.74, 6) is -0.288. The second-order valence-electron chi connectivity index (χ2n) is 8.68. The van der Waals surface area contributed by atoms with E-state index in [4.69, 9.17) is 22.0 Å². The monoisotopic (exact) mass is 476 g/mol. The SMILES string of the molecule is C[C@H]1CN(Cc2ccc(C#N)cc2)C(=O)c2cc(-c3ccc(Cl)cc3NC(=O)CN(C)C)nn21. The normalized spacial score (nSPS) is 15.2. The zero-order chi connectivity index (χ0) is 24.4. The average Bonchev–Trinajstić information content (AvgIpc) is 3.23. The number of amides is 2. The summed E-state index contributed by atoms with van der Waals surface area (Å²) in [7, 11) is 3.64. The van der Waals surface area contributed by atoms with E-state index in [1.54, 1.807) is 50.9 Å². The summed E-state index contributed by atoms with van der Waals surface area (Å²) in [6.07, 6.45) is 0. The highest BCUT2D eigenvalue weighted by Crippen LogP contribution is 2.33. The Balaban J connectivity index is 1.62. The van der Waals surface area contributed by atoms with Crippen molar-refractivity contribution in [3.63, 3.8) is 0 Å². The largest absolute Gasteiger partial charge is 0.331 e. The van der Waals surface area contributed by atoms with E-state index in [2.05, 4.69) is 11.4 Å². The maximum atomic E-state index is 13.3. The number of nitrogens with zero attached hydrogens (tertiary/aromatic N) is 5. The summed E-state index contributed by atoms with van der Waals surface area (Å²) in [4.78, 5) is 29.2. The van der Waals surface area contributed by atoms with Crippen LogP contribution in [0.1, 0.15) is 34.6 Å². The molecule has 9 heteroatoms. The summed E-state index contributed by atoms with van der Waals surface area (Å²) in [5, 5.41) is 17.1. The third-order valence-corrected chi connectivity index (χ3v) is 5.83. The third kappa shape index (κ3) is 4.96. The lowest BCUT2D eigenvalue weighted by Gasteiger charge is -2.31. The van der Waals surface area contributed by atoms with E-state index < -0.39 is 0 Å². The highest BCUT2D eigenvalue weighted by molar-refractivity contribution is 6.31. The van der Waals surface area contributed by atoms with Gasteiger partial charge in [-0.15, -0.1) is 0 Å². The van der Waals surface area contributed by atoms with Gasteiger partial charge < -0.3 is 15.1 Å². The molecule has 1 aliphatic heterocycles. The smallest absolute Gasteiger partial charge is 0.272 e. The van der Waals surface area contributed by atoms with Crippen LogP contribution in [0.4, 0.5) is 5.69 Å². The number of hydrogen-bond acceptors (Lipinski definition) is 5. The molecule has 1 atom stereocenters. The van der Waals surface area contributed by atoms with Crippen molar-refractivity contribution in [1.29, 1.82) is 5.26 Å². The van der Waals surface area contributed by atoms with E-state index in [-0.39, 0.29) is 24.4 Å². The van der Waals surface area contributed by atoms with Crippen LogP contribution >= 0.6 is 11.6 Å². The molecule has 174 valence electrons. The second kappa shape index (κ2) is 9.67. The molecule has 1 aliphatic rings. The lowest BCUT2D eigenvalue weighted by molar-refractivity contribution is -0.116. The molecule has 0 fully saturated rings. The van der Waals surface area contributed by atoms with Crippen LogP contribution < -0.4 is 5.32 Å². The lowest BCUT2D eigenvalue weighted by atomic mass is 10.1. The van der Waals surface area contributed by atoms with Gasteiger partial charge >= 0.3 is 0 Å². The number of carbonyl (C=O) groups is 2. The molecule has 0 saturated carbocycles. The van der Waals surface area contributed by atoms with Crippen LogP contribution in [-0.4, -0.2) is 58.6 Å². The fraction of sp³-hybridized carbons (Fsp3) is 0.280. The number of benzene rings is 2. The van der Waals surface area contributed by atoms with E-state index in [1.165, 1.54) is 0 Å². The van der Waals surface area contributed by atoms with Gasteiger partial charge in [0.15, 0.2) is 0 Å². The topological polar surface area (TPSA) is 94.3 Å². The Morgan fingerprint density at radius 1 is 1.24 bits per heavy atom. The minimum atomic E-state index is -0.171. The van der Waals surface area contributed by atoms with Crippen molar-refractivity contribution in [1.82, 2.24) is 19.6 Å². The van der Waals surface area contributed by atoms with Crippen molar-refractivity contribution in [3.05, 3.63) is 70.4 Å². The maximum absolute atomic E-state index is 13.3. The molecule has 0 saturated heterocycles. The summed E-state index contributed by atoms with van der Waals surface area (Å²) in [5.41, 5.74) is 3.86. The van der Waals surface area contributed by atoms with Crippen LogP contribution in [0.3, 0.4) is 0 Å². The van der Waals surface area contributed by atoms with Gasteiger partial charge in [0.05, 0.1) is 35.6 Å². The van der Waals surface area contributed by atoms with Gasteiger partial charge in [0.2, 0.25) is 5.91 Å². The highest BCUT2D eigenvalue weighted by atomic mass is 35.5. The van der Waals surface area contributed by atoms with Crippen LogP contribution in [0.15, 0.2) is 48.5 Å². The van der Waals surface area contributed by atoms with Gasteiger partial charge in [-0.3, -0.25) is 14.3 Å². The lowest BCUT2D eigenvalue weighted by Crippen LogP contribution is -2.41. The molecule has 0 unspecified atom stereocenters. The summed E-state index contributed by atoms with van der Waals surface area (Å²) >= 11 is 6.19. The van der Waals surface area contributed by atoms with Gasteiger partial charge in [-0.2, -0.15) is 10.4 Å². The molecular formula is C25H25ClN6O2. The molecule has 1 aromatic heterocycles. The van der Waals surface area contributed by atoms with Gasteiger partial charge in [-0.25, -0.2) is 0 Å². The Labute approximate surface area is 203 Å². The Hall–Kier alpha value is -3.67. The molecule has 0 aliphatic carbocycles. The van der Waals surface area contributed by atoms with Crippen molar-refractivity contribution < 1.29 is 9.59 Å².